The Labute approximate surface area is 86.9 Å². The lowest BCUT2D eigenvalue weighted by molar-refractivity contribution is 0.458. The van der Waals surface area contributed by atoms with Crippen LogP contribution in [0.1, 0.15) is 0 Å². The van der Waals surface area contributed by atoms with E-state index in [9.17, 15) is 17.6 Å². The lowest BCUT2D eigenvalue weighted by Gasteiger charge is -2.05. The number of benzene rings is 1. The van der Waals surface area contributed by atoms with E-state index in [0.717, 1.165) is 6.20 Å². The quantitative estimate of drug-likeness (QED) is 0.584. The lowest BCUT2D eigenvalue weighted by atomic mass is 10.1. The number of nitrogens with one attached hydrogen (secondary N) is 1. The molecule has 0 radical (unpaired) electrons. The number of halogens is 4. The van der Waals surface area contributed by atoms with Crippen LogP contribution >= 0.6 is 0 Å². The molecule has 0 fully saturated rings. The van der Waals surface area contributed by atoms with Crippen LogP contribution in [-0.2, 0) is 0 Å². The van der Waals surface area contributed by atoms with Gasteiger partial charge in [-0.3, -0.25) is 5.10 Å². The molecule has 3 nitrogen and oxygen atoms in total. The zero-order chi connectivity index (χ0) is 11.9. The second kappa shape index (κ2) is 3.51. The van der Waals surface area contributed by atoms with Crippen molar-refractivity contribution in [2.24, 2.45) is 0 Å². The van der Waals surface area contributed by atoms with Gasteiger partial charge in [-0.2, -0.15) is 5.10 Å². The Hall–Kier alpha value is -2.05. The SMILES string of the molecule is Nc1cn[nH]c1-c1c(F)c(F)cc(F)c1F. The van der Waals surface area contributed by atoms with Gasteiger partial charge in [0.05, 0.1) is 23.1 Å². The third-order valence-electron chi connectivity index (χ3n) is 2.03. The van der Waals surface area contributed by atoms with Crippen LogP contribution in [0.4, 0.5) is 23.2 Å². The molecule has 2 aromatic rings. The van der Waals surface area contributed by atoms with Gasteiger partial charge < -0.3 is 5.73 Å². The number of aromatic nitrogens is 2. The molecule has 0 saturated heterocycles. The van der Waals surface area contributed by atoms with Crippen molar-refractivity contribution in [1.82, 2.24) is 10.2 Å². The monoisotopic (exact) mass is 231 g/mol. The number of aromatic amines is 1. The van der Waals surface area contributed by atoms with Crippen LogP contribution in [0.5, 0.6) is 0 Å². The van der Waals surface area contributed by atoms with Crippen LogP contribution in [0.25, 0.3) is 11.3 Å². The Morgan fingerprint density at radius 1 is 1.06 bits per heavy atom. The van der Waals surface area contributed by atoms with Crippen LogP contribution in [0, 0.1) is 23.3 Å². The molecule has 0 atom stereocenters. The normalized spacial score (nSPS) is 10.8. The summed E-state index contributed by atoms with van der Waals surface area (Å²) < 4.78 is 52.4. The predicted molar refractivity (Wildman–Crippen MR) is 48.3 cm³/mol. The summed E-state index contributed by atoms with van der Waals surface area (Å²) in [5.74, 6) is -6.03. The van der Waals surface area contributed by atoms with Gasteiger partial charge in [-0.05, 0) is 0 Å². The fraction of sp³-hybridized carbons (Fsp3) is 0. The molecule has 0 spiro atoms. The van der Waals surface area contributed by atoms with E-state index in [-0.39, 0.29) is 17.4 Å². The van der Waals surface area contributed by atoms with E-state index in [4.69, 9.17) is 5.73 Å². The number of rotatable bonds is 1. The first-order valence-electron chi connectivity index (χ1n) is 4.14. The zero-order valence-electron chi connectivity index (χ0n) is 7.69. The van der Waals surface area contributed by atoms with Crippen molar-refractivity contribution in [3.8, 4) is 11.3 Å². The number of anilines is 1. The number of hydrogen-bond donors (Lipinski definition) is 2. The van der Waals surface area contributed by atoms with E-state index in [0.29, 0.717) is 0 Å². The van der Waals surface area contributed by atoms with Crippen LogP contribution in [-0.4, -0.2) is 10.2 Å². The van der Waals surface area contributed by atoms with Gasteiger partial charge in [0.2, 0.25) is 0 Å². The van der Waals surface area contributed by atoms with Gasteiger partial charge in [0, 0.05) is 6.07 Å². The molecule has 0 aliphatic heterocycles. The molecule has 1 aromatic heterocycles. The highest BCUT2D eigenvalue weighted by Crippen LogP contribution is 2.31. The molecule has 3 N–H and O–H groups in total. The Bertz CT molecular complexity index is 524. The van der Waals surface area contributed by atoms with E-state index in [1.54, 1.807) is 0 Å². The summed E-state index contributed by atoms with van der Waals surface area (Å²) >= 11 is 0. The van der Waals surface area contributed by atoms with Crippen molar-refractivity contribution < 1.29 is 17.6 Å². The topological polar surface area (TPSA) is 54.7 Å². The van der Waals surface area contributed by atoms with Crippen molar-refractivity contribution in [1.29, 1.82) is 0 Å². The Morgan fingerprint density at radius 2 is 1.62 bits per heavy atom. The average Bonchev–Trinajstić information content (AvgIpc) is 2.63. The Balaban J connectivity index is 2.79. The molecule has 7 heteroatoms. The number of nitrogens with two attached hydrogens (primary N) is 1. The van der Waals surface area contributed by atoms with E-state index < -0.39 is 28.8 Å². The van der Waals surface area contributed by atoms with Gasteiger partial charge in [-0.1, -0.05) is 0 Å². The minimum Gasteiger partial charge on any atom is -0.396 e. The van der Waals surface area contributed by atoms with E-state index in [1.807, 2.05) is 0 Å². The molecular formula is C9H5F4N3. The summed E-state index contributed by atoms with van der Waals surface area (Å²) in [7, 11) is 0. The zero-order valence-corrected chi connectivity index (χ0v) is 7.69. The molecule has 0 bridgehead atoms. The van der Waals surface area contributed by atoms with Crippen LogP contribution in [0.3, 0.4) is 0 Å². The molecule has 0 aliphatic carbocycles. The summed E-state index contributed by atoms with van der Waals surface area (Å²) in [4.78, 5) is 0. The summed E-state index contributed by atoms with van der Waals surface area (Å²) in [5, 5.41) is 5.58. The van der Waals surface area contributed by atoms with Gasteiger partial charge in [-0.25, -0.2) is 17.6 Å². The summed E-state index contributed by atoms with van der Waals surface area (Å²) in [6.07, 6.45) is 1.08. The summed E-state index contributed by atoms with van der Waals surface area (Å²) in [6, 6.07) is 0.126. The van der Waals surface area contributed by atoms with E-state index in [1.165, 1.54) is 0 Å². The highest BCUT2D eigenvalue weighted by Gasteiger charge is 2.22. The van der Waals surface area contributed by atoms with Crippen LogP contribution < -0.4 is 5.73 Å². The number of nitrogens with zero attached hydrogens (tertiary/aromatic N) is 1. The number of H-pyrrole nitrogens is 1. The third-order valence-corrected chi connectivity index (χ3v) is 2.03. The number of hydrogen-bond acceptors (Lipinski definition) is 2. The number of nitrogen functional groups attached to an aromatic ring is 1. The standard InChI is InChI=1S/C9H5F4N3/c10-3-1-4(11)8(13)6(7(3)12)9-5(14)2-15-16-9/h1-2H,14H2,(H,15,16). The molecule has 2 rings (SSSR count). The fourth-order valence-corrected chi connectivity index (χ4v) is 1.29. The third kappa shape index (κ3) is 1.40. The van der Waals surface area contributed by atoms with E-state index in [2.05, 4.69) is 10.2 Å². The molecule has 0 unspecified atom stereocenters. The van der Waals surface area contributed by atoms with Crippen molar-refractivity contribution in [3.63, 3.8) is 0 Å². The first-order chi connectivity index (χ1) is 7.52. The lowest BCUT2D eigenvalue weighted by Crippen LogP contribution is -2.00. The van der Waals surface area contributed by atoms with Crippen molar-refractivity contribution in [3.05, 3.63) is 35.5 Å². The fourth-order valence-electron chi connectivity index (χ4n) is 1.29. The van der Waals surface area contributed by atoms with Gasteiger partial charge in [0.1, 0.15) is 0 Å². The van der Waals surface area contributed by atoms with Gasteiger partial charge in [-0.15, -0.1) is 0 Å². The second-order valence-electron chi connectivity index (χ2n) is 3.04. The van der Waals surface area contributed by atoms with Gasteiger partial charge in [0.25, 0.3) is 0 Å². The Kier molecular flexibility index (Phi) is 2.30. The first-order valence-corrected chi connectivity index (χ1v) is 4.14. The maximum atomic E-state index is 13.3. The summed E-state index contributed by atoms with van der Waals surface area (Å²) in [5.41, 5.74) is 4.04. The summed E-state index contributed by atoms with van der Waals surface area (Å²) in [6.45, 7) is 0. The molecule has 1 heterocycles. The van der Waals surface area contributed by atoms with Crippen molar-refractivity contribution in [2.75, 3.05) is 5.73 Å². The molecule has 1 aromatic carbocycles. The molecule has 0 amide bonds. The van der Waals surface area contributed by atoms with Gasteiger partial charge >= 0.3 is 0 Å². The minimum atomic E-state index is -1.52. The van der Waals surface area contributed by atoms with Crippen LogP contribution in [0.15, 0.2) is 12.3 Å². The molecule has 16 heavy (non-hydrogen) atoms. The predicted octanol–water partition coefficient (Wildman–Crippen LogP) is 2.22. The average molecular weight is 231 g/mol. The molecule has 84 valence electrons. The second-order valence-corrected chi connectivity index (χ2v) is 3.04. The maximum Gasteiger partial charge on any atom is 0.171 e. The Morgan fingerprint density at radius 3 is 2.06 bits per heavy atom. The highest BCUT2D eigenvalue weighted by molar-refractivity contribution is 5.72. The molecule has 0 aliphatic rings. The molecular weight excluding hydrogens is 226 g/mol. The van der Waals surface area contributed by atoms with E-state index >= 15 is 0 Å². The largest absolute Gasteiger partial charge is 0.396 e. The van der Waals surface area contributed by atoms with Crippen LogP contribution in [0.2, 0.25) is 0 Å². The maximum absolute atomic E-state index is 13.3. The smallest absolute Gasteiger partial charge is 0.171 e. The minimum absolute atomic E-state index is 0.109. The van der Waals surface area contributed by atoms with Gasteiger partial charge in [0.15, 0.2) is 23.3 Å². The van der Waals surface area contributed by atoms with Crippen molar-refractivity contribution in [2.45, 2.75) is 0 Å². The molecule has 0 saturated carbocycles. The van der Waals surface area contributed by atoms with Crippen molar-refractivity contribution >= 4 is 5.69 Å². The first kappa shape index (κ1) is 10.5. The highest BCUT2D eigenvalue weighted by atomic mass is 19.2.